The number of benzene rings is 1. The topological polar surface area (TPSA) is 67.8 Å². The smallest absolute Gasteiger partial charge is 0.227 e. The minimum absolute atomic E-state index is 0.167. The number of amides is 1. The SMILES string of the molecule is COc1ccc(CC(=O)N2CC3CN(c4nccc(C)n4)CC3C2)cc1OC. The van der Waals surface area contributed by atoms with E-state index in [1.807, 2.05) is 42.3 Å². The molecule has 4 rings (SSSR count). The van der Waals surface area contributed by atoms with E-state index in [1.165, 1.54) is 0 Å². The normalized spacial score (nSPS) is 21.0. The molecular formula is C21H26N4O3. The Labute approximate surface area is 165 Å². The van der Waals surface area contributed by atoms with Crippen molar-refractivity contribution in [1.82, 2.24) is 14.9 Å². The number of nitrogens with zero attached hydrogens (tertiary/aromatic N) is 4. The Morgan fingerprint density at radius 3 is 2.43 bits per heavy atom. The molecule has 7 nitrogen and oxygen atoms in total. The number of anilines is 1. The first kappa shape index (κ1) is 18.5. The van der Waals surface area contributed by atoms with Gasteiger partial charge in [-0.25, -0.2) is 9.97 Å². The lowest BCUT2D eigenvalue weighted by Crippen LogP contribution is -2.34. The van der Waals surface area contributed by atoms with Crippen molar-refractivity contribution in [1.29, 1.82) is 0 Å². The zero-order valence-corrected chi connectivity index (χ0v) is 16.6. The van der Waals surface area contributed by atoms with Crippen LogP contribution in [0.2, 0.25) is 0 Å². The van der Waals surface area contributed by atoms with Crippen LogP contribution >= 0.6 is 0 Å². The lowest BCUT2D eigenvalue weighted by Gasteiger charge is -2.22. The fourth-order valence-corrected chi connectivity index (χ4v) is 4.23. The monoisotopic (exact) mass is 382 g/mol. The molecule has 0 aliphatic carbocycles. The second kappa shape index (κ2) is 7.66. The third-order valence-electron chi connectivity index (χ3n) is 5.71. The van der Waals surface area contributed by atoms with E-state index in [1.54, 1.807) is 14.2 Å². The van der Waals surface area contributed by atoms with Crippen LogP contribution < -0.4 is 14.4 Å². The van der Waals surface area contributed by atoms with Crippen LogP contribution in [-0.4, -0.2) is 61.2 Å². The first-order valence-electron chi connectivity index (χ1n) is 9.60. The van der Waals surface area contributed by atoms with Gasteiger partial charge in [0, 0.05) is 49.9 Å². The minimum Gasteiger partial charge on any atom is -0.493 e. The van der Waals surface area contributed by atoms with Gasteiger partial charge in [0.15, 0.2) is 11.5 Å². The van der Waals surface area contributed by atoms with E-state index in [-0.39, 0.29) is 5.91 Å². The number of carbonyl (C=O) groups is 1. The molecule has 1 amide bonds. The summed E-state index contributed by atoms with van der Waals surface area (Å²) in [6.07, 6.45) is 2.19. The Morgan fingerprint density at radius 2 is 1.79 bits per heavy atom. The molecule has 2 aliphatic heterocycles. The highest BCUT2D eigenvalue weighted by atomic mass is 16.5. The van der Waals surface area contributed by atoms with Gasteiger partial charge >= 0.3 is 0 Å². The average Bonchev–Trinajstić information content (AvgIpc) is 3.27. The molecule has 1 aromatic carbocycles. The van der Waals surface area contributed by atoms with E-state index in [9.17, 15) is 4.79 Å². The maximum atomic E-state index is 12.8. The Hall–Kier alpha value is -2.83. The second-order valence-corrected chi connectivity index (χ2v) is 7.59. The van der Waals surface area contributed by atoms with Crippen molar-refractivity contribution in [2.24, 2.45) is 11.8 Å². The summed E-state index contributed by atoms with van der Waals surface area (Å²) in [5, 5.41) is 0. The second-order valence-electron chi connectivity index (χ2n) is 7.59. The number of ether oxygens (including phenoxy) is 2. The molecule has 0 bridgehead atoms. The van der Waals surface area contributed by atoms with Crippen molar-refractivity contribution < 1.29 is 14.3 Å². The van der Waals surface area contributed by atoms with Crippen LogP contribution in [0.3, 0.4) is 0 Å². The van der Waals surface area contributed by atoms with Crippen LogP contribution in [-0.2, 0) is 11.2 Å². The molecule has 2 atom stereocenters. The molecule has 28 heavy (non-hydrogen) atoms. The maximum Gasteiger partial charge on any atom is 0.227 e. The van der Waals surface area contributed by atoms with Gasteiger partial charge in [0.25, 0.3) is 0 Å². The quantitative estimate of drug-likeness (QED) is 0.787. The van der Waals surface area contributed by atoms with E-state index in [4.69, 9.17) is 9.47 Å². The van der Waals surface area contributed by atoms with E-state index in [0.29, 0.717) is 29.8 Å². The highest BCUT2D eigenvalue weighted by molar-refractivity contribution is 5.79. The molecule has 7 heteroatoms. The van der Waals surface area contributed by atoms with Crippen LogP contribution in [0.25, 0.3) is 0 Å². The molecule has 3 heterocycles. The van der Waals surface area contributed by atoms with Gasteiger partial charge in [-0.3, -0.25) is 4.79 Å². The van der Waals surface area contributed by atoms with Gasteiger partial charge in [0.1, 0.15) is 0 Å². The largest absolute Gasteiger partial charge is 0.493 e. The molecule has 2 aromatic rings. The molecule has 0 N–H and O–H groups in total. The highest BCUT2D eigenvalue weighted by Gasteiger charge is 2.42. The van der Waals surface area contributed by atoms with Gasteiger partial charge in [0.2, 0.25) is 11.9 Å². The lowest BCUT2D eigenvalue weighted by atomic mass is 10.0. The number of aromatic nitrogens is 2. The Bertz CT molecular complexity index is 858. The molecule has 0 radical (unpaired) electrons. The first-order chi connectivity index (χ1) is 13.6. The Balaban J connectivity index is 1.36. The minimum atomic E-state index is 0.167. The molecule has 148 valence electrons. The van der Waals surface area contributed by atoms with Crippen LogP contribution in [0.1, 0.15) is 11.3 Å². The van der Waals surface area contributed by atoms with Crippen LogP contribution in [0, 0.1) is 18.8 Å². The number of fused-ring (bicyclic) bond motifs is 1. The van der Waals surface area contributed by atoms with E-state index in [2.05, 4.69) is 14.9 Å². The van der Waals surface area contributed by atoms with Gasteiger partial charge in [-0.05, 0) is 30.7 Å². The number of methoxy groups -OCH3 is 2. The third kappa shape index (κ3) is 3.61. The fraction of sp³-hybridized carbons (Fsp3) is 0.476. The number of hydrogen-bond acceptors (Lipinski definition) is 6. The van der Waals surface area contributed by atoms with Gasteiger partial charge < -0.3 is 19.3 Å². The number of likely N-dealkylation sites (tertiary alicyclic amines) is 1. The molecule has 2 saturated heterocycles. The molecular weight excluding hydrogens is 356 g/mol. The highest BCUT2D eigenvalue weighted by Crippen LogP contribution is 2.33. The van der Waals surface area contributed by atoms with E-state index in [0.717, 1.165) is 43.4 Å². The summed E-state index contributed by atoms with van der Waals surface area (Å²) in [6.45, 7) is 5.41. The van der Waals surface area contributed by atoms with Gasteiger partial charge in [-0.15, -0.1) is 0 Å². The van der Waals surface area contributed by atoms with Crippen LogP contribution in [0.4, 0.5) is 5.95 Å². The Morgan fingerprint density at radius 1 is 1.07 bits per heavy atom. The summed E-state index contributed by atoms with van der Waals surface area (Å²) in [4.78, 5) is 26.0. The first-order valence-corrected chi connectivity index (χ1v) is 9.60. The third-order valence-corrected chi connectivity index (χ3v) is 5.71. The van der Waals surface area contributed by atoms with Crippen molar-refractivity contribution in [3.8, 4) is 11.5 Å². The van der Waals surface area contributed by atoms with Gasteiger partial charge in [-0.1, -0.05) is 6.07 Å². The summed E-state index contributed by atoms with van der Waals surface area (Å²) in [7, 11) is 3.21. The maximum absolute atomic E-state index is 12.8. The fourth-order valence-electron chi connectivity index (χ4n) is 4.23. The van der Waals surface area contributed by atoms with Crippen molar-refractivity contribution >= 4 is 11.9 Å². The summed E-state index contributed by atoms with van der Waals surface area (Å²) >= 11 is 0. The predicted octanol–water partition coefficient (Wildman–Crippen LogP) is 1.94. The van der Waals surface area contributed by atoms with Crippen LogP contribution in [0.15, 0.2) is 30.5 Å². The Kier molecular flexibility index (Phi) is 5.07. The zero-order valence-electron chi connectivity index (χ0n) is 16.6. The van der Waals surface area contributed by atoms with Crippen molar-refractivity contribution in [2.75, 3.05) is 45.3 Å². The van der Waals surface area contributed by atoms with Crippen molar-refractivity contribution in [2.45, 2.75) is 13.3 Å². The van der Waals surface area contributed by atoms with Crippen molar-refractivity contribution in [3.05, 3.63) is 41.7 Å². The number of aryl methyl sites for hydroxylation is 1. The molecule has 1 aromatic heterocycles. The van der Waals surface area contributed by atoms with Gasteiger partial charge in [-0.2, -0.15) is 0 Å². The average molecular weight is 382 g/mol. The summed E-state index contributed by atoms with van der Waals surface area (Å²) in [5.41, 5.74) is 1.92. The standard InChI is InChI=1S/C21H26N4O3/c1-14-6-7-22-21(23-14)25-12-16-10-24(11-17(16)13-25)20(26)9-15-4-5-18(27-2)19(8-15)28-3/h4-8,16-17H,9-13H2,1-3H3. The van der Waals surface area contributed by atoms with Crippen molar-refractivity contribution in [3.63, 3.8) is 0 Å². The summed E-state index contributed by atoms with van der Waals surface area (Å²) in [5.74, 6) is 3.27. The van der Waals surface area contributed by atoms with E-state index < -0.39 is 0 Å². The molecule has 2 fully saturated rings. The molecule has 0 spiro atoms. The lowest BCUT2D eigenvalue weighted by molar-refractivity contribution is -0.129. The van der Waals surface area contributed by atoms with Gasteiger partial charge in [0.05, 0.1) is 20.6 Å². The van der Waals surface area contributed by atoms with Crippen LogP contribution in [0.5, 0.6) is 11.5 Å². The number of hydrogen-bond donors (Lipinski definition) is 0. The van der Waals surface area contributed by atoms with E-state index >= 15 is 0 Å². The molecule has 2 unspecified atom stereocenters. The predicted molar refractivity (Wildman–Crippen MR) is 106 cm³/mol. The number of rotatable bonds is 5. The molecule has 0 saturated carbocycles. The zero-order chi connectivity index (χ0) is 19.7. The molecule has 2 aliphatic rings. The summed E-state index contributed by atoms with van der Waals surface area (Å²) in [6, 6.07) is 7.56. The summed E-state index contributed by atoms with van der Waals surface area (Å²) < 4.78 is 10.6. The number of carbonyl (C=O) groups excluding carboxylic acids is 1.